The molecule has 0 aromatic heterocycles. The number of hydrogen-bond donors (Lipinski definition) is 2. The minimum atomic E-state index is -0.937. The number of carbonyl (C=O) groups excluding carboxylic acids is 2. The van der Waals surface area contributed by atoms with Crippen LogP contribution in [0.5, 0.6) is 0 Å². The fourth-order valence-corrected chi connectivity index (χ4v) is 3.30. The molecule has 0 radical (unpaired) electrons. The lowest BCUT2D eigenvalue weighted by Gasteiger charge is -2.39. The fraction of sp³-hybridized carbons (Fsp3) is 0.786. The van der Waals surface area contributed by atoms with Crippen LogP contribution in [0.25, 0.3) is 0 Å². The molecular formula is C14H23N3O4. The first-order valence-corrected chi connectivity index (χ1v) is 7.45. The predicted octanol–water partition coefficient (Wildman–Crippen LogP) is 0.502. The van der Waals surface area contributed by atoms with Crippen LogP contribution in [0, 0.1) is 5.92 Å². The first-order valence-electron chi connectivity index (χ1n) is 7.45. The molecule has 0 bridgehead atoms. The number of urea groups is 1. The Labute approximate surface area is 124 Å². The maximum Gasteiger partial charge on any atom is 0.326 e. The van der Waals surface area contributed by atoms with E-state index in [4.69, 9.17) is 0 Å². The summed E-state index contributed by atoms with van der Waals surface area (Å²) in [6.07, 6.45) is 2.38. The quantitative estimate of drug-likeness (QED) is 0.776. The summed E-state index contributed by atoms with van der Waals surface area (Å²) in [6, 6.07) is -0.996. The molecule has 2 aliphatic rings. The minimum Gasteiger partial charge on any atom is -0.480 e. The van der Waals surface area contributed by atoms with Gasteiger partial charge in [-0.25, -0.2) is 9.59 Å². The van der Waals surface area contributed by atoms with E-state index in [2.05, 4.69) is 5.32 Å². The number of aliphatic carboxylic acids is 1. The number of nitrogens with one attached hydrogen (secondary N) is 1. The number of rotatable bonds is 2. The zero-order valence-corrected chi connectivity index (χ0v) is 12.5. The standard InChI is InChI=1S/C14H23N3O4/c1-9-4-3-6-17(12(9)13(19)20)14(21)16-7-5-11(8-16)15-10(2)18/h9,11-12H,3-8H2,1-2H3,(H,15,18)(H,19,20). The molecule has 2 rings (SSSR count). The third-order valence-corrected chi connectivity index (χ3v) is 4.30. The monoisotopic (exact) mass is 297 g/mol. The highest BCUT2D eigenvalue weighted by atomic mass is 16.4. The number of hydrogen-bond acceptors (Lipinski definition) is 3. The lowest BCUT2D eigenvalue weighted by molar-refractivity contribution is -0.145. The average Bonchev–Trinajstić information content (AvgIpc) is 2.84. The zero-order chi connectivity index (χ0) is 15.6. The van der Waals surface area contributed by atoms with Crippen LogP contribution < -0.4 is 5.32 Å². The van der Waals surface area contributed by atoms with Crippen molar-refractivity contribution in [3.05, 3.63) is 0 Å². The number of likely N-dealkylation sites (tertiary alicyclic amines) is 2. The van der Waals surface area contributed by atoms with E-state index in [1.165, 1.54) is 11.8 Å². The number of carboxylic acid groups (broad SMARTS) is 1. The highest BCUT2D eigenvalue weighted by molar-refractivity contribution is 5.83. The molecule has 2 N–H and O–H groups in total. The van der Waals surface area contributed by atoms with Gasteiger partial charge in [-0.2, -0.15) is 0 Å². The summed E-state index contributed by atoms with van der Waals surface area (Å²) < 4.78 is 0. The average molecular weight is 297 g/mol. The Bertz CT molecular complexity index is 440. The Morgan fingerprint density at radius 2 is 1.90 bits per heavy atom. The largest absolute Gasteiger partial charge is 0.480 e. The molecule has 0 aromatic rings. The Morgan fingerprint density at radius 1 is 1.19 bits per heavy atom. The second-order valence-corrected chi connectivity index (χ2v) is 6.01. The maximum atomic E-state index is 12.6. The molecule has 3 amide bonds. The first kappa shape index (κ1) is 15.6. The van der Waals surface area contributed by atoms with E-state index < -0.39 is 12.0 Å². The van der Waals surface area contributed by atoms with Crippen LogP contribution in [0.3, 0.4) is 0 Å². The van der Waals surface area contributed by atoms with E-state index >= 15 is 0 Å². The van der Waals surface area contributed by atoms with Crippen molar-refractivity contribution in [2.75, 3.05) is 19.6 Å². The van der Waals surface area contributed by atoms with E-state index in [0.29, 0.717) is 26.1 Å². The fourth-order valence-electron chi connectivity index (χ4n) is 3.30. The summed E-state index contributed by atoms with van der Waals surface area (Å²) in [7, 11) is 0. The molecule has 7 heteroatoms. The highest BCUT2D eigenvalue weighted by Crippen LogP contribution is 2.25. The molecule has 2 aliphatic heterocycles. The number of piperidine rings is 1. The number of nitrogens with zero attached hydrogens (tertiary/aromatic N) is 2. The van der Waals surface area contributed by atoms with E-state index in [1.807, 2.05) is 6.92 Å². The van der Waals surface area contributed by atoms with Crippen LogP contribution in [0.15, 0.2) is 0 Å². The Morgan fingerprint density at radius 3 is 2.52 bits per heavy atom. The lowest BCUT2D eigenvalue weighted by atomic mass is 9.91. The molecule has 2 heterocycles. The summed E-state index contributed by atoms with van der Waals surface area (Å²) >= 11 is 0. The Balaban J connectivity index is 2.02. The van der Waals surface area contributed by atoms with Crippen LogP contribution in [0.4, 0.5) is 4.79 Å². The van der Waals surface area contributed by atoms with Crippen LogP contribution in [-0.2, 0) is 9.59 Å². The molecule has 0 aromatic carbocycles. The number of amides is 3. The molecule has 3 unspecified atom stereocenters. The van der Waals surface area contributed by atoms with Gasteiger partial charge >= 0.3 is 12.0 Å². The zero-order valence-electron chi connectivity index (χ0n) is 12.5. The van der Waals surface area contributed by atoms with Gasteiger partial charge in [0.1, 0.15) is 6.04 Å². The maximum absolute atomic E-state index is 12.6. The summed E-state index contributed by atoms with van der Waals surface area (Å²) in [5.74, 6) is -1.08. The van der Waals surface area contributed by atoms with Gasteiger partial charge in [0, 0.05) is 32.6 Å². The molecule has 2 saturated heterocycles. The molecule has 3 atom stereocenters. The van der Waals surface area contributed by atoms with Gasteiger partial charge in [-0.05, 0) is 25.2 Å². The van der Waals surface area contributed by atoms with Gasteiger partial charge in [0.15, 0.2) is 0 Å². The normalized spacial score (nSPS) is 29.3. The second-order valence-electron chi connectivity index (χ2n) is 6.01. The van der Waals surface area contributed by atoms with Crippen molar-refractivity contribution in [1.29, 1.82) is 0 Å². The lowest BCUT2D eigenvalue weighted by Crippen LogP contribution is -2.55. The number of carboxylic acids is 1. The molecule has 0 spiro atoms. The van der Waals surface area contributed by atoms with Gasteiger partial charge < -0.3 is 20.2 Å². The Kier molecular flexibility index (Phi) is 4.69. The summed E-state index contributed by atoms with van der Waals surface area (Å²) in [5, 5.41) is 12.2. The second kappa shape index (κ2) is 6.32. The summed E-state index contributed by atoms with van der Waals surface area (Å²) in [4.78, 5) is 38.2. The molecule has 7 nitrogen and oxygen atoms in total. The predicted molar refractivity (Wildman–Crippen MR) is 75.7 cm³/mol. The van der Waals surface area contributed by atoms with Gasteiger partial charge in [0.25, 0.3) is 0 Å². The summed E-state index contributed by atoms with van der Waals surface area (Å²) in [5.41, 5.74) is 0. The van der Waals surface area contributed by atoms with Crippen molar-refractivity contribution >= 4 is 17.9 Å². The van der Waals surface area contributed by atoms with Gasteiger partial charge in [0.2, 0.25) is 5.91 Å². The van der Waals surface area contributed by atoms with Crippen LogP contribution >= 0.6 is 0 Å². The molecule has 118 valence electrons. The van der Waals surface area contributed by atoms with E-state index in [9.17, 15) is 19.5 Å². The molecular weight excluding hydrogens is 274 g/mol. The molecule has 0 saturated carbocycles. The van der Waals surface area contributed by atoms with Crippen molar-refractivity contribution in [2.24, 2.45) is 5.92 Å². The van der Waals surface area contributed by atoms with Crippen molar-refractivity contribution in [2.45, 2.75) is 45.2 Å². The SMILES string of the molecule is CC(=O)NC1CCN(C(=O)N2CCCC(C)C2C(=O)O)C1. The van der Waals surface area contributed by atoms with Crippen LogP contribution in [0.2, 0.25) is 0 Å². The molecule has 0 aliphatic carbocycles. The van der Waals surface area contributed by atoms with Gasteiger partial charge in [0.05, 0.1) is 0 Å². The van der Waals surface area contributed by atoms with Crippen molar-refractivity contribution in [1.82, 2.24) is 15.1 Å². The topological polar surface area (TPSA) is 90.0 Å². The van der Waals surface area contributed by atoms with Crippen molar-refractivity contribution < 1.29 is 19.5 Å². The minimum absolute atomic E-state index is 0.0306. The van der Waals surface area contributed by atoms with E-state index in [1.54, 1.807) is 4.90 Å². The van der Waals surface area contributed by atoms with Crippen molar-refractivity contribution in [3.63, 3.8) is 0 Å². The van der Waals surface area contributed by atoms with E-state index in [0.717, 1.165) is 12.8 Å². The van der Waals surface area contributed by atoms with Crippen molar-refractivity contribution in [3.8, 4) is 0 Å². The highest BCUT2D eigenvalue weighted by Gasteiger charge is 2.40. The first-order chi connectivity index (χ1) is 9.90. The van der Waals surface area contributed by atoms with Gasteiger partial charge in [-0.3, -0.25) is 4.79 Å². The third kappa shape index (κ3) is 3.46. The Hall–Kier alpha value is -1.79. The summed E-state index contributed by atoms with van der Waals surface area (Å²) in [6.45, 7) is 4.83. The van der Waals surface area contributed by atoms with Crippen LogP contribution in [0.1, 0.15) is 33.1 Å². The van der Waals surface area contributed by atoms with E-state index in [-0.39, 0.29) is 23.9 Å². The molecule has 21 heavy (non-hydrogen) atoms. The molecule has 2 fully saturated rings. The third-order valence-electron chi connectivity index (χ3n) is 4.30. The number of carbonyl (C=O) groups is 3. The van der Waals surface area contributed by atoms with Gasteiger partial charge in [-0.15, -0.1) is 0 Å². The van der Waals surface area contributed by atoms with Crippen LogP contribution in [-0.4, -0.2) is 64.5 Å². The van der Waals surface area contributed by atoms with Gasteiger partial charge in [-0.1, -0.05) is 6.92 Å². The smallest absolute Gasteiger partial charge is 0.326 e.